The first-order valence-electron chi connectivity index (χ1n) is 5.54. The lowest BCUT2D eigenvalue weighted by molar-refractivity contribution is 0.481. The van der Waals surface area contributed by atoms with Crippen LogP contribution in [0.25, 0.3) is 10.6 Å². The maximum absolute atomic E-state index is 7.58. The Balaban J connectivity index is 2.41. The molecule has 0 radical (unpaired) electrons. The summed E-state index contributed by atoms with van der Waals surface area (Å²) in [6, 6.07) is 5.90. The van der Waals surface area contributed by atoms with Crippen LogP contribution < -0.4 is 5.73 Å². The van der Waals surface area contributed by atoms with E-state index < -0.39 is 0 Å². The van der Waals surface area contributed by atoms with Crippen molar-refractivity contribution < 1.29 is 0 Å². The fraction of sp³-hybridized carbons (Fsp3) is 0.333. The number of nitrogens with zero attached hydrogens (tertiary/aromatic N) is 2. The van der Waals surface area contributed by atoms with E-state index in [2.05, 4.69) is 18.9 Å². The lowest BCUT2D eigenvalue weighted by Gasteiger charge is -2.08. The SMILES string of the molecule is CC(C)Cn1nc(-c2cccs2)cc1C(=N)N. The number of thiophene rings is 1. The Morgan fingerprint density at radius 2 is 2.35 bits per heavy atom. The summed E-state index contributed by atoms with van der Waals surface area (Å²) in [7, 11) is 0. The van der Waals surface area contributed by atoms with E-state index >= 15 is 0 Å². The molecular weight excluding hydrogens is 232 g/mol. The summed E-state index contributed by atoms with van der Waals surface area (Å²) < 4.78 is 1.82. The predicted octanol–water partition coefficient (Wildman–Crippen LogP) is 2.55. The van der Waals surface area contributed by atoms with Crippen molar-refractivity contribution in [3.05, 3.63) is 29.3 Å². The first kappa shape index (κ1) is 11.9. The number of nitrogens with one attached hydrogen (secondary N) is 1. The molecule has 0 saturated heterocycles. The van der Waals surface area contributed by atoms with Gasteiger partial charge in [0.15, 0.2) is 0 Å². The van der Waals surface area contributed by atoms with E-state index in [1.807, 2.05) is 28.3 Å². The van der Waals surface area contributed by atoms with Crippen molar-refractivity contribution in [2.75, 3.05) is 0 Å². The van der Waals surface area contributed by atoms with Crippen LogP contribution in [0.5, 0.6) is 0 Å². The van der Waals surface area contributed by atoms with Crippen LogP contribution in [-0.4, -0.2) is 15.6 Å². The maximum Gasteiger partial charge on any atom is 0.141 e. The van der Waals surface area contributed by atoms with Gasteiger partial charge in [0.1, 0.15) is 17.2 Å². The molecule has 0 bridgehead atoms. The largest absolute Gasteiger partial charge is 0.382 e. The normalized spacial score (nSPS) is 11.0. The van der Waals surface area contributed by atoms with Gasteiger partial charge in [0, 0.05) is 6.54 Å². The molecule has 17 heavy (non-hydrogen) atoms. The Bertz CT molecular complexity index is 511. The molecule has 0 saturated carbocycles. The van der Waals surface area contributed by atoms with Crippen LogP contribution in [0.15, 0.2) is 23.6 Å². The number of hydrogen-bond acceptors (Lipinski definition) is 3. The van der Waals surface area contributed by atoms with Crippen molar-refractivity contribution in [3.63, 3.8) is 0 Å². The monoisotopic (exact) mass is 248 g/mol. The molecule has 90 valence electrons. The molecule has 2 aromatic rings. The van der Waals surface area contributed by atoms with E-state index in [-0.39, 0.29) is 5.84 Å². The zero-order valence-corrected chi connectivity index (χ0v) is 10.8. The molecule has 4 nitrogen and oxygen atoms in total. The van der Waals surface area contributed by atoms with Crippen molar-refractivity contribution in [1.82, 2.24) is 9.78 Å². The number of hydrogen-bond donors (Lipinski definition) is 2. The number of rotatable bonds is 4. The van der Waals surface area contributed by atoms with Gasteiger partial charge in [-0.05, 0) is 23.4 Å². The number of nitrogen functional groups attached to an aromatic ring is 1. The molecule has 0 unspecified atom stereocenters. The van der Waals surface area contributed by atoms with Crippen LogP contribution in [0.3, 0.4) is 0 Å². The van der Waals surface area contributed by atoms with Crippen LogP contribution in [0.2, 0.25) is 0 Å². The Kier molecular flexibility index (Phi) is 3.28. The molecule has 0 aliphatic carbocycles. The van der Waals surface area contributed by atoms with E-state index in [4.69, 9.17) is 11.1 Å². The van der Waals surface area contributed by atoms with Gasteiger partial charge in [0.05, 0.1) is 4.88 Å². The molecule has 3 N–H and O–H groups in total. The minimum atomic E-state index is 0.0703. The maximum atomic E-state index is 7.58. The molecule has 2 rings (SSSR count). The first-order valence-corrected chi connectivity index (χ1v) is 6.42. The lowest BCUT2D eigenvalue weighted by atomic mass is 10.2. The Labute approximate surface area is 105 Å². The third-order valence-electron chi connectivity index (χ3n) is 2.37. The van der Waals surface area contributed by atoms with Gasteiger partial charge in [0.25, 0.3) is 0 Å². The Morgan fingerprint density at radius 1 is 1.59 bits per heavy atom. The summed E-state index contributed by atoms with van der Waals surface area (Å²) in [5.74, 6) is 0.546. The molecule has 0 atom stereocenters. The van der Waals surface area contributed by atoms with E-state index in [9.17, 15) is 0 Å². The van der Waals surface area contributed by atoms with Crippen LogP contribution in [0.4, 0.5) is 0 Å². The van der Waals surface area contributed by atoms with Crippen molar-refractivity contribution in [3.8, 4) is 10.6 Å². The van der Waals surface area contributed by atoms with Crippen molar-refractivity contribution in [2.24, 2.45) is 11.7 Å². The zero-order chi connectivity index (χ0) is 12.4. The zero-order valence-electron chi connectivity index (χ0n) is 9.97. The molecule has 0 spiro atoms. The second-order valence-electron chi connectivity index (χ2n) is 4.38. The van der Waals surface area contributed by atoms with Crippen molar-refractivity contribution in [2.45, 2.75) is 20.4 Å². The smallest absolute Gasteiger partial charge is 0.141 e. The highest BCUT2D eigenvalue weighted by atomic mass is 32.1. The van der Waals surface area contributed by atoms with E-state index in [1.165, 1.54) is 0 Å². The van der Waals surface area contributed by atoms with Gasteiger partial charge in [-0.2, -0.15) is 5.10 Å². The van der Waals surface area contributed by atoms with Crippen molar-refractivity contribution in [1.29, 1.82) is 5.41 Å². The minimum Gasteiger partial charge on any atom is -0.382 e. The third kappa shape index (κ3) is 2.55. The topological polar surface area (TPSA) is 67.7 Å². The van der Waals surface area contributed by atoms with E-state index in [1.54, 1.807) is 11.3 Å². The minimum absolute atomic E-state index is 0.0703. The summed E-state index contributed by atoms with van der Waals surface area (Å²) in [5.41, 5.74) is 7.17. The standard InChI is InChI=1S/C12H16N4S/c1-8(2)7-16-10(12(13)14)6-9(15-16)11-4-3-5-17-11/h3-6,8H,7H2,1-2H3,(H3,13,14). The molecule has 2 heterocycles. The quantitative estimate of drug-likeness (QED) is 0.645. The summed E-state index contributed by atoms with van der Waals surface area (Å²) in [6.45, 7) is 5.02. The second-order valence-corrected chi connectivity index (χ2v) is 5.33. The van der Waals surface area contributed by atoms with Gasteiger partial charge >= 0.3 is 0 Å². The summed E-state index contributed by atoms with van der Waals surface area (Å²) in [4.78, 5) is 1.11. The summed E-state index contributed by atoms with van der Waals surface area (Å²) in [5, 5.41) is 14.1. The van der Waals surface area contributed by atoms with Gasteiger partial charge in [-0.1, -0.05) is 19.9 Å². The molecule has 2 aromatic heterocycles. The highest BCUT2D eigenvalue weighted by Crippen LogP contribution is 2.24. The van der Waals surface area contributed by atoms with E-state index in [0.717, 1.165) is 17.1 Å². The van der Waals surface area contributed by atoms with Crippen LogP contribution in [0, 0.1) is 11.3 Å². The summed E-state index contributed by atoms with van der Waals surface area (Å²) in [6.07, 6.45) is 0. The average Bonchev–Trinajstić information content (AvgIpc) is 2.82. The number of nitrogens with two attached hydrogens (primary N) is 1. The van der Waals surface area contributed by atoms with Gasteiger partial charge in [-0.3, -0.25) is 10.1 Å². The van der Waals surface area contributed by atoms with Gasteiger partial charge < -0.3 is 5.73 Å². The molecule has 0 fully saturated rings. The molecule has 0 aliphatic heterocycles. The molecule has 0 aliphatic rings. The van der Waals surface area contributed by atoms with Gasteiger partial charge in [-0.25, -0.2) is 0 Å². The van der Waals surface area contributed by atoms with Crippen molar-refractivity contribution >= 4 is 17.2 Å². The van der Waals surface area contributed by atoms with Crippen LogP contribution >= 0.6 is 11.3 Å². The highest BCUT2D eigenvalue weighted by Gasteiger charge is 2.13. The van der Waals surface area contributed by atoms with Crippen LogP contribution in [-0.2, 0) is 6.54 Å². The lowest BCUT2D eigenvalue weighted by Crippen LogP contribution is -2.19. The van der Waals surface area contributed by atoms with Crippen LogP contribution in [0.1, 0.15) is 19.5 Å². The molecule has 0 amide bonds. The summed E-state index contributed by atoms with van der Waals surface area (Å²) >= 11 is 1.64. The fourth-order valence-corrected chi connectivity index (χ4v) is 2.34. The first-order chi connectivity index (χ1) is 8.08. The van der Waals surface area contributed by atoms with E-state index in [0.29, 0.717) is 11.6 Å². The second kappa shape index (κ2) is 4.71. The third-order valence-corrected chi connectivity index (χ3v) is 3.26. The molecule has 0 aromatic carbocycles. The predicted molar refractivity (Wildman–Crippen MR) is 71.4 cm³/mol. The van der Waals surface area contributed by atoms with Gasteiger partial charge in [0.2, 0.25) is 0 Å². The number of amidine groups is 1. The Morgan fingerprint density at radius 3 is 2.88 bits per heavy atom. The molecule has 5 heteroatoms. The Hall–Kier alpha value is -1.62. The van der Waals surface area contributed by atoms with Gasteiger partial charge in [-0.15, -0.1) is 11.3 Å². The highest BCUT2D eigenvalue weighted by molar-refractivity contribution is 7.13. The number of aromatic nitrogens is 2. The fourth-order valence-electron chi connectivity index (χ4n) is 1.66. The molecular formula is C12H16N4S. The average molecular weight is 248 g/mol.